The normalized spacial score (nSPS) is 12.9. The zero-order valence-electron chi connectivity index (χ0n) is 17.1. The van der Waals surface area contributed by atoms with E-state index in [2.05, 4.69) is 4.98 Å². The highest BCUT2D eigenvalue weighted by atomic mass is 35.5. The van der Waals surface area contributed by atoms with Crippen LogP contribution in [0.3, 0.4) is 0 Å². The van der Waals surface area contributed by atoms with Crippen molar-refractivity contribution in [2.45, 2.75) is 33.2 Å². The Morgan fingerprint density at radius 1 is 1.26 bits per heavy atom. The van der Waals surface area contributed by atoms with E-state index in [0.29, 0.717) is 0 Å². The second kappa shape index (κ2) is 8.36. The summed E-state index contributed by atoms with van der Waals surface area (Å²) in [4.78, 5) is 28.4. The summed E-state index contributed by atoms with van der Waals surface area (Å²) in [6.45, 7) is 5.04. The lowest BCUT2D eigenvalue weighted by Crippen LogP contribution is -2.31. The average molecular weight is 451 g/mol. The Balaban J connectivity index is 2.30. The van der Waals surface area contributed by atoms with Crippen molar-refractivity contribution in [3.8, 4) is 0 Å². The predicted octanol–water partition coefficient (Wildman–Crippen LogP) is 4.20. The summed E-state index contributed by atoms with van der Waals surface area (Å²) in [6.07, 6.45) is 0.836. The van der Waals surface area contributed by atoms with Crippen LogP contribution in [0.25, 0.3) is 11.0 Å². The summed E-state index contributed by atoms with van der Waals surface area (Å²) in [7, 11) is 0. The van der Waals surface area contributed by atoms with Crippen molar-refractivity contribution >= 4 is 28.6 Å². The molecule has 0 aliphatic carbocycles. The molecule has 9 heteroatoms. The molecular weight excluding hydrogens is 430 g/mol. The lowest BCUT2D eigenvalue weighted by Gasteiger charge is -2.32. The minimum atomic E-state index is -1.46. The zero-order valence-corrected chi connectivity index (χ0v) is 17.9. The van der Waals surface area contributed by atoms with Gasteiger partial charge >= 0.3 is 5.97 Å². The molecule has 0 aliphatic rings. The molecule has 0 fully saturated rings. The van der Waals surface area contributed by atoms with Crippen LogP contribution in [0.1, 0.15) is 48.3 Å². The van der Waals surface area contributed by atoms with Gasteiger partial charge in [0.2, 0.25) is 11.4 Å². The third-order valence-corrected chi connectivity index (χ3v) is 5.47. The van der Waals surface area contributed by atoms with Gasteiger partial charge in [-0.15, -0.1) is 0 Å². The molecular formula is C22H21ClF2N2O4. The minimum absolute atomic E-state index is 0.0869. The standard InChI is InChI=1S/C22H21ClF2N2O4/c1-22(2,3)16(10-28)27-9-14(21(30)31)18(29)13-8-12(19(25)26-20(13)27)7-11-5-4-6-15(23)17(11)24/h4-6,8-9,16,28H,7,10H2,1-3H3,(H,30,31). The number of carbonyl (C=O) groups is 1. The van der Waals surface area contributed by atoms with Crippen molar-refractivity contribution in [1.29, 1.82) is 0 Å². The lowest BCUT2D eigenvalue weighted by atomic mass is 9.86. The fourth-order valence-electron chi connectivity index (χ4n) is 3.47. The van der Waals surface area contributed by atoms with E-state index in [0.717, 1.165) is 6.20 Å². The molecule has 2 aromatic heterocycles. The van der Waals surface area contributed by atoms with Gasteiger partial charge in [-0.2, -0.15) is 4.39 Å². The number of nitrogens with zero attached hydrogens (tertiary/aromatic N) is 2. The predicted molar refractivity (Wildman–Crippen MR) is 113 cm³/mol. The molecule has 0 saturated carbocycles. The van der Waals surface area contributed by atoms with Crippen LogP contribution in [0.5, 0.6) is 0 Å². The maximum Gasteiger partial charge on any atom is 0.341 e. The number of aromatic carboxylic acids is 1. The monoisotopic (exact) mass is 450 g/mol. The number of hydrogen-bond donors (Lipinski definition) is 2. The van der Waals surface area contributed by atoms with Gasteiger partial charge < -0.3 is 14.8 Å². The van der Waals surface area contributed by atoms with Crippen molar-refractivity contribution in [3.63, 3.8) is 0 Å². The number of halogens is 3. The van der Waals surface area contributed by atoms with Crippen LogP contribution in [0.15, 0.2) is 35.3 Å². The van der Waals surface area contributed by atoms with Crippen LogP contribution >= 0.6 is 11.6 Å². The molecule has 1 aromatic carbocycles. The molecule has 2 N–H and O–H groups in total. The Labute approximate surface area is 181 Å². The first kappa shape index (κ1) is 22.8. The molecule has 0 aliphatic heterocycles. The third-order valence-electron chi connectivity index (χ3n) is 5.18. The fourth-order valence-corrected chi connectivity index (χ4v) is 3.67. The number of rotatable bonds is 5. The SMILES string of the molecule is CC(C)(C)C(CO)n1cc(C(=O)O)c(=O)c2cc(Cc3cccc(Cl)c3F)c(F)nc21. The number of aliphatic hydroxyl groups excluding tert-OH is 1. The number of carboxylic acids is 1. The molecule has 31 heavy (non-hydrogen) atoms. The highest BCUT2D eigenvalue weighted by Crippen LogP contribution is 2.32. The molecule has 1 unspecified atom stereocenters. The maximum atomic E-state index is 14.9. The molecule has 164 valence electrons. The van der Waals surface area contributed by atoms with E-state index in [9.17, 15) is 28.6 Å². The van der Waals surface area contributed by atoms with E-state index in [1.54, 1.807) is 0 Å². The summed E-state index contributed by atoms with van der Waals surface area (Å²) < 4.78 is 30.5. The highest BCUT2D eigenvalue weighted by molar-refractivity contribution is 6.30. The summed E-state index contributed by atoms with van der Waals surface area (Å²) in [5.41, 5.74) is -2.03. The van der Waals surface area contributed by atoms with Crippen LogP contribution in [0.2, 0.25) is 5.02 Å². The largest absolute Gasteiger partial charge is 0.477 e. The lowest BCUT2D eigenvalue weighted by molar-refractivity contribution is 0.0692. The van der Waals surface area contributed by atoms with E-state index in [-0.39, 0.29) is 40.2 Å². The Morgan fingerprint density at radius 3 is 2.52 bits per heavy atom. The van der Waals surface area contributed by atoms with E-state index >= 15 is 0 Å². The molecule has 0 amide bonds. The number of benzene rings is 1. The van der Waals surface area contributed by atoms with E-state index in [4.69, 9.17) is 11.6 Å². The van der Waals surface area contributed by atoms with Crippen LogP contribution in [-0.4, -0.2) is 32.3 Å². The van der Waals surface area contributed by atoms with Gasteiger partial charge in [0.25, 0.3) is 0 Å². The van der Waals surface area contributed by atoms with Gasteiger partial charge in [-0.3, -0.25) is 4.79 Å². The summed E-state index contributed by atoms with van der Waals surface area (Å²) >= 11 is 5.78. The van der Waals surface area contributed by atoms with Crippen molar-refractivity contribution < 1.29 is 23.8 Å². The van der Waals surface area contributed by atoms with Crippen LogP contribution < -0.4 is 5.43 Å². The van der Waals surface area contributed by atoms with Crippen molar-refractivity contribution in [1.82, 2.24) is 9.55 Å². The zero-order chi connectivity index (χ0) is 23.1. The molecule has 3 aromatic rings. The topological polar surface area (TPSA) is 92.4 Å². The summed E-state index contributed by atoms with van der Waals surface area (Å²) in [6, 6.07) is 4.79. The van der Waals surface area contributed by atoms with Crippen molar-refractivity contribution in [3.05, 3.63) is 74.2 Å². The number of hydrogen-bond acceptors (Lipinski definition) is 4. The molecule has 0 bridgehead atoms. The van der Waals surface area contributed by atoms with E-state index < -0.39 is 40.2 Å². The van der Waals surface area contributed by atoms with Gasteiger partial charge in [0.05, 0.1) is 23.1 Å². The Bertz CT molecular complexity index is 1230. The maximum absolute atomic E-state index is 14.9. The molecule has 0 spiro atoms. The Morgan fingerprint density at radius 2 is 1.94 bits per heavy atom. The summed E-state index contributed by atoms with van der Waals surface area (Å²) in [5.74, 6) is -3.11. The number of carboxylic acid groups (broad SMARTS) is 1. The second-order valence-corrected chi connectivity index (χ2v) is 8.76. The summed E-state index contributed by atoms with van der Waals surface area (Å²) in [5, 5.41) is 19.2. The molecule has 0 radical (unpaired) electrons. The van der Waals surface area contributed by atoms with Gasteiger partial charge in [-0.05, 0) is 23.1 Å². The first-order valence-electron chi connectivity index (χ1n) is 9.47. The van der Waals surface area contributed by atoms with Crippen molar-refractivity contribution in [2.24, 2.45) is 5.41 Å². The Kier molecular flexibility index (Phi) is 6.16. The molecule has 0 saturated heterocycles. The van der Waals surface area contributed by atoms with Gasteiger partial charge in [0.15, 0.2) is 0 Å². The Hall–Kier alpha value is -2.84. The van der Waals surface area contributed by atoms with Crippen molar-refractivity contribution in [2.75, 3.05) is 6.61 Å². The second-order valence-electron chi connectivity index (χ2n) is 8.35. The van der Waals surface area contributed by atoms with Crippen LogP contribution in [0, 0.1) is 17.2 Å². The van der Waals surface area contributed by atoms with Gasteiger partial charge in [0, 0.05) is 18.2 Å². The fraction of sp³-hybridized carbons (Fsp3) is 0.318. The third kappa shape index (κ3) is 4.31. The van der Waals surface area contributed by atoms with Gasteiger partial charge in [-0.25, -0.2) is 14.2 Å². The average Bonchev–Trinajstić information content (AvgIpc) is 2.67. The quantitative estimate of drug-likeness (QED) is 0.568. The molecule has 3 rings (SSSR count). The van der Waals surface area contributed by atoms with Crippen LogP contribution in [0.4, 0.5) is 8.78 Å². The molecule has 2 heterocycles. The smallest absolute Gasteiger partial charge is 0.341 e. The minimum Gasteiger partial charge on any atom is -0.477 e. The number of aliphatic hydroxyl groups is 1. The molecule has 1 atom stereocenters. The first-order chi connectivity index (χ1) is 14.5. The van der Waals surface area contributed by atoms with Crippen LogP contribution in [-0.2, 0) is 6.42 Å². The van der Waals surface area contributed by atoms with E-state index in [1.807, 2.05) is 20.8 Å². The molecule has 6 nitrogen and oxygen atoms in total. The highest BCUT2D eigenvalue weighted by Gasteiger charge is 2.29. The van der Waals surface area contributed by atoms with Gasteiger partial charge in [0.1, 0.15) is 17.0 Å². The first-order valence-corrected chi connectivity index (χ1v) is 9.84. The van der Waals surface area contributed by atoms with E-state index in [1.165, 1.54) is 28.8 Å². The van der Waals surface area contributed by atoms with Gasteiger partial charge in [-0.1, -0.05) is 44.5 Å². The number of aromatic nitrogens is 2. The number of pyridine rings is 2. The number of fused-ring (bicyclic) bond motifs is 1.